The molecule has 2 aromatic carbocycles. The molecular weight excluding hydrogens is 388 g/mol. The van der Waals surface area contributed by atoms with E-state index in [1.54, 1.807) is 25.3 Å². The van der Waals surface area contributed by atoms with Crippen molar-refractivity contribution in [2.75, 3.05) is 28.4 Å². The molecule has 9 heteroatoms. The molecule has 30 heavy (non-hydrogen) atoms. The van der Waals surface area contributed by atoms with Crippen LogP contribution in [0.15, 0.2) is 47.6 Å². The fraction of sp³-hybridized carbons (Fsp3) is 0.190. The van der Waals surface area contributed by atoms with E-state index in [1.807, 2.05) is 24.3 Å². The number of hydrogen-bond acceptors (Lipinski definition) is 7. The Kier molecular flexibility index (Phi) is 6.53. The number of nitrogens with one attached hydrogen (secondary N) is 2. The lowest BCUT2D eigenvalue weighted by Crippen LogP contribution is -2.18. The molecule has 1 aromatic heterocycles. The summed E-state index contributed by atoms with van der Waals surface area (Å²) in [6.45, 7) is 0. The standard InChI is InChI=1S/C21H22N4O5/c1-27-15-8-5-13(6-9-15)16-11-17(24-23-16)21(26)25-22-12-14-7-10-18(28-2)20(30-4)19(14)29-3/h5-12H,1-4H3,(H,23,24)(H,25,26)/b22-12+. The predicted molar refractivity (Wildman–Crippen MR) is 112 cm³/mol. The first-order valence-corrected chi connectivity index (χ1v) is 8.93. The highest BCUT2D eigenvalue weighted by molar-refractivity contribution is 5.94. The van der Waals surface area contributed by atoms with Crippen molar-refractivity contribution in [3.05, 3.63) is 53.7 Å². The van der Waals surface area contributed by atoms with Crippen LogP contribution in [0.25, 0.3) is 11.3 Å². The van der Waals surface area contributed by atoms with Gasteiger partial charge >= 0.3 is 0 Å². The molecule has 3 aromatic rings. The van der Waals surface area contributed by atoms with Crippen LogP contribution in [-0.2, 0) is 0 Å². The van der Waals surface area contributed by atoms with E-state index < -0.39 is 5.91 Å². The SMILES string of the molecule is COc1ccc(-c2cc(C(=O)N/N=C/c3ccc(OC)c(OC)c3OC)[nH]n2)cc1. The highest BCUT2D eigenvalue weighted by Crippen LogP contribution is 2.38. The van der Waals surface area contributed by atoms with Crippen molar-refractivity contribution in [2.45, 2.75) is 0 Å². The van der Waals surface area contributed by atoms with E-state index in [-0.39, 0.29) is 5.69 Å². The predicted octanol–water partition coefficient (Wildman–Crippen LogP) is 2.88. The molecule has 0 spiro atoms. The van der Waals surface area contributed by atoms with Crippen molar-refractivity contribution in [3.8, 4) is 34.3 Å². The van der Waals surface area contributed by atoms with E-state index in [2.05, 4.69) is 20.7 Å². The van der Waals surface area contributed by atoms with E-state index in [1.165, 1.54) is 27.5 Å². The van der Waals surface area contributed by atoms with Gasteiger partial charge in [-0.15, -0.1) is 0 Å². The Bertz CT molecular complexity index is 1040. The maximum atomic E-state index is 12.4. The Balaban J connectivity index is 1.71. The molecule has 0 aliphatic carbocycles. The molecule has 0 unspecified atom stereocenters. The van der Waals surface area contributed by atoms with E-state index in [4.69, 9.17) is 18.9 Å². The van der Waals surface area contributed by atoms with E-state index in [0.717, 1.165) is 11.3 Å². The number of ether oxygens (including phenoxy) is 4. The minimum atomic E-state index is -0.432. The molecule has 0 bridgehead atoms. The molecule has 0 aliphatic rings. The molecule has 156 valence electrons. The van der Waals surface area contributed by atoms with Crippen molar-refractivity contribution in [1.29, 1.82) is 0 Å². The number of nitrogens with zero attached hydrogens (tertiary/aromatic N) is 2. The van der Waals surface area contributed by atoms with Crippen LogP contribution in [-0.4, -0.2) is 50.8 Å². The minimum absolute atomic E-state index is 0.275. The van der Waals surface area contributed by atoms with Crippen molar-refractivity contribution in [1.82, 2.24) is 15.6 Å². The number of carbonyl (C=O) groups is 1. The second-order valence-corrected chi connectivity index (χ2v) is 6.02. The van der Waals surface area contributed by atoms with Gasteiger partial charge in [0.2, 0.25) is 5.75 Å². The molecule has 0 saturated heterocycles. The Morgan fingerprint density at radius 2 is 1.70 bits per heavy atom. The van der Waals surface area contributed by atoms with Gasteiger partial charge in [-0.05, 0) is 42.5 Å². The summed E-state index contributed by atoms with van der Waals surface area (Å²) in [7, 11) is 6.17. The zero-order valence-corrected chi connectivity index (χ0v) is 17.1. The summed E-state index contributed by atoms with van der Waals surface area (Å²) in [5, 5.41) is 10.9. The molecule has 0 atom stereocenters. The molecule has 0 aliphatic heterocycles. The maximum Gasteiger partial charge on any atom is 0.289 e. The number of rotatable bonds is 8. The van der Waals surface area contributed by atoms with Gasteiger partial charge in [-0.3, -0.25) is 9.89 Å². The fourth-order valence-electron chi connectivity index (χ4n) is 2.79. The number of hydrogen-bond donors (Lipinski definition) is 2. The van der Waals surface area contributed by atoms with Gasteiger partial charge in [0.1, 0.15) is 11.4 Å². The minimum Gasteiger partial charge on any atom is -0.497 e. The van der Waals surface area contributed by atoms with Crippen LogP contribution >= 0.6 is 0 Å². The quantitative estimate of drug-likeness (QED) is 0.437. The normalized spacial score (nSPS) is 10.7. The second-order valence-electron chi connectivity index (χ2n) is 6.02. The number of H-pyrrole nitrogens is 1. The molecule has 2 N–H and O–H groups in total. The third kappa shape index (κ3) is 4.35. The van der Waals surface area contributed by atoms with Gasteiger partial charge in [-0.1, -0.05) is 0 Å². The second kappa shape index (κ2) is 9.46. The summed E-state index contributed by atoms with van der Waals surface area (Å²) < 4.78 is 21.1. The van der Waals surface area contributed by atoms with E-state index in [0.29, 0.717) is 28.5 Å². The van der Waals surface area contributed by atoms with Crippen LogP contribution < -0.4 is 24.4 Å². The zero-order chi connectivity index (χ0) is 21.5. The summed E-state index contributed by atoms with van der Waals surface area (Å²) >= 11 is 0. The monoisotopic (exact) mass is 410 g/mol. The molecule has 3 rings (SSSR count). The molecule has 1 heterocycles. The van der Waals surface area contributed by atoms with Crippen molar-refractivity contribution in [3.63, 3.8) is 0 Å². The number of benzene rings is 2. The van der Waals surface area contributed by atoms with E-state index in [9.17, 15) is 4.79 Å². The van der Waals surface area contributed by atoms with Gasteiger partial charge in [-0.25, -0.2) is 5.43 Å². The number of methoxy groups -OCH3 is 4. The van der Waals surface area contributed by atoms with Crippen LogP contribution in [0.2, 0.25) is 0 Å². The first kappa shape index (κ1) is 20.7. The number of amides is 1. The van der Waals surface area contributed by atoms with Crippen molar-refractivity contribution < 1.29 is 23.7 Å². The molecular formula is C21H22N4O5. The lowest BCUT2D eigenvalue weighted by molar-refractivity contribution is 0.0950. The molecule has 9 nitrogen and oxygen atoms in total. The Morgan fingerprint density at radius 3 is 2.33 bits per heavy atom. The molecule has 0 radical (unpaired) electrons. The van der Waals surface area contributed by atoms with Crippen LogP contribution in [0, 0.1) is 0 Å². The average molecular weight is 410 g/mol. The molecule has 0 saturated carbocycles. The average Bonchev–Trinajstić information content (AvgIpc) is 3.29. The first-order chi connectivity index (χ1) is 14.6. The van der Waals surface area contributed by atoms with Crippen molar-refractivity contribution in [2.24, 2.45) is 5.10 Å². The van der Waals surface area contributed by atoms with Crippen LogP contribution in [0.3, 0.4) is 0 Å². The van der Waals surface area contributed by atoms with Crippen LogP contribution in [0.4, 0.5) is 0 Å². The highest BCUT2D eigenvalue weighted by Gasteiger charge is 2.15. The Labute approximate surface area is 173 Å². The summed E-state index contributed by atoms with van der Waals surface area (Å²) in [6, 6.07) is 12.5. The maximum absolute atomic E-state index is 12.4. The van der Waals surface area contributed by atoms with Gasteiger partial charge in [0.05, 0.1) is 40.3 Å². The summed E-state index contributed by atoms with van der Waals surface area (Å²) in [5.74, 6) is 1.72. The lowest BCUT2D eigenvalue weighted by Gasteiger charge is -2.13. The highest BCUT2D eigenvalue weighted by atomic mass is 16.5. The lowest BCUT2D eigenvalue weighted by atomic mass is 10.1. The largest absolute Gasteiger partial charge is 0.497 e. The number of carbonyl (C=O) groups excluding carboxylic acids is 1. The summed E-state index contributed by atoms with van der Waals surface area (Å²) in [6.07, 6.45) is 1.46. The molecule has 0 fully saturated rings. The Morgan fingerprint density at radius 1 is 0.967 bits per heavy atom. The number of hydrazone groups is 1. The number of aromatic amines is 1. The Hall–Kier alpha value is -4.01. The van der Waals surface area contributed by atoms with E-state index >= 15 is 0 Å². The third-order valence-electron chi connectivity index (χ3n) is 4.31. The number of aromatic nitrogens is 2. The summed E-state index contributed by atoms with van der Waals surface area (Å²) in [4.78, 5) is 12.4. The zero-order valence-electron chi connectivity index (χ0n) is 17.1. The van der Waals surface area contributed by atoms with Gasteiger partial charge < -0.3 is 18.9 Å². The fourth-order valence-corrected chi connectivity index (χ4v) is 2.79. The van der Waals surface area contributed by atoms with Gasteiger partial charge in [-0.2, -0.15) is 10.2 Å². The smallest absolute Gasteiger partial charge is 0.289 e. The van der Waals surface area contributed by atoms with Gasteiger partial charge in [0, 0.05) is 11.1 Å². The summed E-state index contributed by atoms with van der Waals surface area (Å²) in [5.41, 5.74) is 4.83. The van der Waals surface area contributed by atoms with Crippen LogP contribution in [0.5, 0.6) is 23.0 Å². The van der Waals surface area contributed by atoms with Crippen molar-refractivity contribution >= 4 is 12.1 Å². The van der Waals surface area contributed by atoms with Gasteiger partial charge in [0.15, 0.2) is 11.5 Å². The van der Waals surface area contributed by atoms with Gasteiger partial charge in [0.25, 0.3) is 5.91 Å². The molecule has 1 amide bonds. The third-order valence-corrected chi connectivity index (χ3v) is 4.31. The first-order valence-electron chi connectivity index (χ1n) is 8.93. The van der Waals surface area contributed by atoms with Crippen LogP contribution in [0.1, 0.15) is 16.1 Å². The topological polar surface area (TPSA) is 107 Å².